The van der Waals surface area contributed by atoms with Gasteiger partial charge in [-0.2, -0.15) is 0 Å². The lowest BCUT2D eigenvalue weighted by Gasteiger charge is -2.12. The highest BCUT2D eigenvalue weighted by molar-refractivity contribution is 6.40. The average Bonchev–Trinajstić information content (AvgIpc) is 2.03. The molecule has 1 rings (SSSR count). The van der Waals surface area contributed by atoms with Gasteiger partial charge in [-0.25, -0.2) is 9.59 Å². The third-order valence-electron chi connectivity index (χ3n) is 1.50. The number of aliphatic hydroxyl groups excluding tert-OH is 1. The molecule has 70 valence electrons. The highest BCUT2D eigenvalue weighted by atomic mass is 16.4. The number of carboxylic acid groups (broad SMARTS) is 2. The summed E-state index contributed by atoms with van der Waals surface area (Å²) in [6.45, 7) is 0. The molecular weight excluding hydrogens is 178 g/mol. The van der Waals surface area contributed by atoms with Gasteiger partial charge in [-0.1, -0.05) is 0 Å². The van der Waals surface area contributed by atoms with Gasteiger partial charge in [0.15, 0.2) is 6.04 Å². The molecule has 0 bridgehead atoms. The Balaban J connectivity index is 2.94. The smallest absolute Gasteiger partial charge is 0.354 e. The molecule has 0 spiro atoms. The minimum atomic E-state index is -1.35. The van der Waals surface area contributed by atoms with Gasteiger partial charge in [-0.05, 0) is 0 Å². The van der Waals surface area contributed by atoms with Crippen molar-refractivity contribution in [1.29, 1.82) is 0 Å². The quantitative estimate of drug-likeness (QED) is 0.552. The number of carbonyl (C=O) groups is 2. The molecule has 0 radical (unpaired) electrons. The molecule has 1 unspecified atom stereocenters. The molecule has 0 aliphatic carbocycles. The molecule has 0 fully saturated rings. The summed E-state index contributed by atoms with van der Waals surface area (Å²) in [4.78, 5) is 24.2. The molecule has 6 nitrogen and oxygen atoms in total. The van der Waals surface area contributed by atoms with Crippen LogP contribution < -0.4 is 0 Å². The van der Waals surface area contributed by atoms with Gasteiger partial charge in [0.1, 0.15) is 5.71 Å². The molecule has 0 aromatic carbocycles. The first kappa shape index (κ1) is 9.24. The van der Waals surface area contributed by atoms with Crippen molar-refractivity contribution in [1.82, 2.24) is 0 Å². The van der Waals surface area contributed by atoms with Crippen LogP contribution in [0.4, 0.5) is 0 Å². The first-order valence-corrected chi connectivity index (χ1v) is 3.44. The number of hydrogen-bond donors (Lipinski definition) is 3. The molecule has 0 saturated heterocycles. The van der Waals surface area contributed by atoms with E-state index in [4.69, 9.17) is 15.3 Å². The van der Waals surface area contributed by atoms with Crippen LogP contribution in [0, 0.1) is 0 Å². The Kier molecular flexibility index (Phi) is 2.32. The fraction of sp³-hybridized carbons (Fsp3) is 0.286. The SMILES string of the molecule is O=C(O)C1=NC(C(=O)O)CC(O)=C1. The van der Waals surface area contributed by atoms with E-state index >= 15 is 0 Å². The summed E-state index contributed by atoms with van der Waals surface area (Å²) < 4.78 is 0. The second-order valence-electron chi connectivity index (χ2n) is 2.51. The largest absolute Gasteiger partial charge is 0.512 e. The molecule has 0 aromatic heterocycles. The number of carboxylic acids is 2. The normalized spacial score (nSPS) is 21.7. The van der Waals surface area contributed by atoms with Gasteiger partial charge in [0.05, 0.1) is 5.76 Å². The van der Waals surface area contributed by atoms with Crippen LogP contribution >= 0.6 is 0 Å². The van der Waals surface area contributed by atoms with E-state index in [1.165, 1.54) is 0 Å². The summed E-state index contributed by atoms with van der Waals surface area (Å²) in [6.07, 6.45) is 0.786. The fourth-order valence-corrected chi connectivity index (χ4v) is 0.925. The van der Waals surface area contributed by atoms with E-state index in [0.29, 0.717) is 0 Å². The van der Waals surface area contributed by atoms with Crippen LogP contribution in [0.2, 0.25) is 0 Å². The third kappa shape index (κ3) is 2.05. The number of rotatable bonds is 2. The van der Waals surface area contributed by atoms with Crippen LogP contribution in [0.1, 0.15) is 6.42 Å². The maximum absolute atomic E-state index is 10.4. The number of aliphatic imine (C=N–C) groups is 1. The van der Waals surface area contributed by atoms with E-state index in [0.717, 1.165) is 6.08 Å². The third-order valence-corrected chi connectivity index (χ3v) is 1.50. The number of aliphatic hydroxyl groups is 1. The second-order valence-corrected chi connectivity index (χ2v) is 2.51. The van der Waals surface area contributed by atoms with E-state index in [9.17, 15) is 9.59 Å². The lowest BCUT2D eigenvalue weighted by atomic mass is 10.1. The van der Waals surface area contributed by atoms with E-state index in [2.05, 4.69) is 4.99 Å². The van der Waals surface area contributed by atoms with Crippen molar-refractivity contribution in [2.75, 3.05) is 0 Å². The molecule has 3 N–H and O–H groups in total. The van der Waals surface area contributed by atoms with Crippen LogP contribution in [0.5, 0.6) is 0 Å². The van der Waals surface area contributed by atoms with Crippen molar-refractivity contribution in [3.63, 3.8) is 0 Å². The molecular formula is C7H7NO5. The molecule has 1 aliphatic rings. The summed E-state index contributed by atoms with van der Waals surface area (Å²) in [5, 5.41) is 26.0. The Bertz CT molecular complexity index is 317. The summed E-state index contributed by atoms with van der Waals surface area (Å²) in [5.41, 5.74) is -0.434. The summed E-state index contributed by atoms with van der Waals surface area (Å²) in [7, 11) is 0. The number of dihydropyridines is 1. The lowest BCUT2D eigenvalue weighted by Crippen LogP contribution is -2.26. The van der Waals surface area contributed by atoms with E-state index in [-0.39, 0.29) is 12.2 Å². The van der Waals surface area contributed by atoms with Crippen molar-refractivity contribution in [2.45, 2.75) is 12.5 Å². The zero-order valence-electron chi connectivity index (χ0n) is 6.47. The Morgan fingerprint density at radius 3 is 2.54 bits per heavy atom. The second kappa shape index (κ2) is 3.26. The van der Waals surface area contributed by atoms with Crippen molar-refractivity contribution >= 4 is 17.7 Å². The maximum Gasteiger partial charge on any atom is 0.354 e. The minimum absolute atomic E-state index is 0.161. The van der Waals surface area contributed by atoms with Gasteiger partial charge in [-0.15, -0.1) is 0 Å². The van der Waals surface area contributed by atoms with Gasteiger partial charge in [0, 0.05) is 12.5 Å². The van der Waals surface area contributed by atoms with E-state index in [1.807, 2.05) is 0 Å². The summed E-state index contributed by atoms with van der Waals surface area (Å²) in [6, 6.07) is -1.20. The van der Waals surface area contributed by atoms with Gasteiger partial charge in [-0.3, -0.25) is 4.99 Å². The molecule has 0 saturated carbocycles. The van der Waals surface area contributed by atoms with Crippen LogP contribution in [-0.4, -0.2) is 39.0 Å². The first-order chi connectivity index (χ1) is 6.00. The van der Waals surface area contributed by atoms with Gasteiger partial charge in [0.2, 0.25) is 0 Å². The molecule has 0 aromatic rings. The Morgan fingerprint density at radius 2 is 2.08 bits per heavy atom. The van der Waals surface area contributed by atoms with Gasteiger partial charge < -0.3 is 15.3 Å². The Morgan fingerprint density at radius 1 is 1.46 bits per heavy atom. The standard InChI is InChI=1S/C7H7NO5/c9-3-1-4(6(10)11)8-5(2-3)7(12)13/h1,5,9H,2H2,(H,10,11)(H,12,13). The van der Waals surface area contributed by atoms with Crippen LogP contribution in [0.3, 0.4) is 0 Å². The maximum atomic E-state index is 10.4. The van der Waals surface area contributed by atoms with Crippen molar-refractivity contribution in [3.8, 4) is 0 Å². The molecule has 1 aliphatic heterocycles. The molecule has 1 atom stereocenters. The van der Waals surface area contributed by atoms with Gasteiger partial charge in [0.25, 0.3) is 0 Å². The van der Waals surface area contributed by atoms with Crippen LogP contribution in [0.15, 0.2) is 16.8 Å². The summed E-state index contributed by atoms with van der Waals surface area (Å²) in [5.74, 6) is -2.88. The minimum Gasteiger partial charge on any atom is -0.512 e. The molecule has 13 heavy (non-hydrogen) atoms. The van der Waals surface area contributed by atoms with E-state index < -0.39 is 23.7 Å². The lowest BCUT2D eigenvalue weighted by molar-refractivity contribution is -0.138. The predicted molar refractivity (Wildman–Crippen MR) is 41.8 cm³/mol. The first-order valence-electron chi connectivity index (χ1n) is 3.44. The Labute approximate surface area is 72.8 Å². The Hall–Kier alpha value is -1.85. The monoisotopic (exact) mass is 185 g/mol. The molecule has 0 amide bonds. The zero-order chi connectivity index (χ0) is 10.0. The number of aliphatic carboxylic acids is 2. The topological polar surface area (TPSA) is 107 Å². The van der Waals surface area contributed by atoms with Crippen molar-refractivity contribution < 1.29 is 24.9 Å². The predicted octanol–water partition coefficient (Wildman–Crippen LogP) is -0.189. The molecule has 6 heteroatoms. The zero-order valence-corrected chi connectivity index (χ0v) is 6.47. The average molecular weight is 185 g/mol. The highest BCUT2D eigenvalue weighted by Crippen LogP contribution is 2.12. The number of hydrogen-bond acceptors (Lipinski definition) is 4. The fourth-order valence-electron chi connectivity index (χ4n) is 0.925. The number of nitrogens with zero attached hydrogens (tertiary/aromatic N) is 1. The summed E-state index contributed by atoms with van der Waals surface area (Å²) >= 11 is 0. The van der Waals surface area contributed by atoms with E-state index in [1.54, 1.807) is 0 Å². The van der Waals surface area contributed by atoms with Gasteiger partial charge >= 0.3 is 11.9 Å². The van der Waals surface area contributed by atoms with Crippen molar-refractivity contribution in [3.05, 3.63) is 11.8 Å². The van der Waals surface area contributed by atoms with Crippen LogP contribution in [-0.2, 0) is 9.59 Å². The molecule has 1 heterocycles. The highest BCUT2D eigenvalue weighted by Gasteiger charge is 2.24. The van der Waals surface area contributed by atoms with Crippen molar-refractivity contribution in [2.24, 2.45) is 4.99 Å². The van der Waals surface area contributed by atoms with Crippen LogP contribution in [0.25, 0.3) is 0 Å².